The van der Waals surface area contributed by atoms with Crippen LogP contribution >= 0.6 is 0 Å². The van der Waals surface area contributed by atoms with Crippen molar-refractivity contribution in [3.05, 3.63) is 106 Å². The molecule has 0 saturated heterocycles. The molecule has 1 N–H and O–H groups in total. The van der Waals surface area contributed by atoms with Crippen LogP contribution in [-0.4, -0.2) is 48.7 Å². The highest BCUT2D eigenvalue weighted by atomic mass is 16.5. The monoisotopic (exact) mass is 481 g/mol. The number of nitrogens with zero attached hydrogens (tertiary/aromatic N) is 6. The van der Waals surface area contributed by atoms with Gasteiger partial charge in [-0.2, -0.15) is 9.61 Å². The highest BCUT2D eigenvalue weighted by molar-refractivity contribution is 5.91. The van der Waals surface area contributed by atoms with Crippen LogP contribution in [0.15, 0.2) is 83.7 Å². The second-order valence-electron chi connectivity index (χ2n) is 8.14. The van der Waals surface area contributed by atoms with E-state index in [1.165, 1.54) is 16.8 Å². The van der Waals surface area contributed by atoms with Crippen LogP contribution in [0.5, 0.6) is 5.88 Å². The van der Waals surface area contributed by atoms with Gasteiger partial charge in [-0.15, -0.1) is 15.3 Å². The van der Waals surface area contributed by atoms with Gasteiger partial charge in [-0.1, -0.05) is 60.2 Å². The van der Waals surface area contributed by atoms with Crippen molar-refractivity contribution in [1.29, 1.82) is 0 Å². The molecule has 5 rings (SSSR count). The smallest absolute Gasteiger partial charge is 0.271 e. The first-order valence-corrected chi connectivity index (χ1v) is 11.4. The summed E-state index contributed by atoms with van der Waals surface area (Å²) in [5.74, 6) is 0.583. The Labute approximate surface area is 206 Å². The highest BCUT2D eigenvalue weighted by Gasteiger charge is 2.12. The van der Waals surface area contributed by atoms with Gasteiger partial charge in [0.15, 0.2) is 11.5 Å². The Morgan fingerprint density at radius 2 is 1.72 bits per heavy atom. The third kappa shape index (κ3) is 5.12. The Kier molecular flexibility index (Phi) is 6.48. The van der Waals surface area contributed by atoms with Crippen LogP contribution in [0.3, 0.4) is 0 Å². The molecule has 0 radical (unpaired) electrons. The Morgan fingerprint density at radius 1 is 0.917 bits per heavy atom. The quantitative estimate of drug-likeness (QED) is 0.339. The molecule has 0 spiro atoms. The van der Waals surface area contributed by atoms with Gasteiger partial charge in [0.1, 0.15) is 12.3 Å². The number of hydrogen-bond donors (Lipinski definition) is 1. The van der Waals surface area contributed by atoms with Crippen LogP contribution in [0.2, 0.25) is 0 Å². The van der Waals surface area contributed by atoms with Gasteiger partial charge in [-0.3, -0.25) is 9.59 Å². The minimum Gasteiger partial charge on any atom is -0.475 e. The van der Waals surface area contributed by atoms with Gasteiger partial charge in [0, 0.05) is 17.7 Å². The molecule has 0 aliphatic carbocycles. The van der Waals surface area contributed by atoms with Gasteiger partial charge >= 0.3 is 0 Å². The summed E-state index contributed by atoms with van der Waals surface area (Å²) in [4.78, 5) is 24.8. The van der Waals surface area contributed by atoms with E-state index in [4.69, 9.17) is 4.74 Å². The Morgan fingerprint density at radius 3 is 2.53 bits per heavy atom. The van der Waals surface area contributed by atoms with Crippen LogP contribution in [0, 0.1) is 6.92 Å². The summed E-state index contributed by atoms with van der Waals surface area (Å²) < 4.78 is 8.61. The fourth-order valence-corrected chi connectivity index (χ4v) is 3.58. The van der Waals surface area contributed by atoms with Crippen LogP contribution < -0.4 is 15.6 Å². The zero-order chi connectivity index (χ0) is 24.9. The first-order chi connectivity index (χ1) is 17.6. The number of fused-ring (bicyclic) bond motifs is 1. The summed E-state index contributed by atoms with van der Waals surface area (Å²) >= 11 is 0. The first-order valence-electron chi connectivity index (χ1n) is 11.4. The van der Waals surface area contributed by atoms with Gasteiger partial charge in [0.05, 0.1) is 13.1 Å². The summed E-state index contributed by atoms with van der Waals surface area (Å²) in [6.07, 6.45) is 0. The highest BCUT2D eigenvalue weighted by Crippen LogP contribution is 2.18. The predicted octanol–water partition coefficient (Wildman–Crippen LogP) is 2.51. The lowest BCUT2D eigenvalue weighted by atomic mass is 10.1. The third-order valence-electron chi connectivity index (χ3n) is 5.46. The molecule has 0 unspecified atom stereocenters. The van der Waals surface area contributed by atoms with Crippen LogP contribution in [0.1, 0.15) is 21.6 Å². The van der Waals surface area contributed by atoms with Crippen molar-refractivity contribution in [2.75, 3.05) is 13.2 Å². The second kappa shape index (κ2) is 10.2. The number of rotatable bonds is 8. The second-order valence-corrected chi connectivity index (χ2v) is 8.14. The molecule has 0 aliphatic rings. The summed E-state index contributed by atoms with van der Waals surface area (Å²) in [6.45, 7) is 2.70. The molecule has 180 valence electrons. The Hall–Kier alpha value is -4.86. The van der Waals surface area contributed by atoms with Crippen molar-refractivity contribution in [1.82, 2.24) is 34.9 Å². The Balaban J connectivity index is 1.19. The summed E-state index contributed by atoms with van der Waals surface area (Å²) in [7, 11) is 0. The number of amides is 1. The van der Waals surface area contributed by atoms with Crippen LogP contribution in [-0.2, 0) is 6.54 Å². The average Bonchev–Trinajstić information content (AvgIpc) is 3.33. The molecule has 3 aromatic heterocycles. The zero-order valence-corrected chi connectivity index (χ0v) is 19.5. The number of benzene rings is 2. The van der Waals surface area contributed by atoms with Crippen molar-refractivity contribution in [3.8, 4) is 17.3 Å². The standard InChI is InChI=1S/C26H23N7O3/c1-18-7-9-19(10-8-18)17-32-24(34)14-11-21(30-32)26(35)27-15-16-36-23-13-12-22-28-29-25(33(22)31-23)20-5-3-2-4-6-20/h2-14H,15-17H2,1H3,(H,27,35). The lowest BCUT2D eigenvalue weighted by molar-refractivity contribution is 0.0939. The maximum Gasteiger partial charge on any atom is 0.271 e. The van der Waals surface area contributed by atoms with E-state index in [0.717, 1.165) is 16.7 Å². The molecule has 1 amide bonds. The Bertz CT molecular complexity index is 1560. The maximum absolute atomic E-state index is 12.6. The molecule has 2 aromatic carbocycles. The van der Waals surface area contributed by atoms with Gasteiger partial charge < -0.3 is 10.1 Å². The number of hydrogen-bond acceptors (Lipinski definition) is 7. The average molecular weight is 482 g/mol. The summed E-state index contributed by atoms with van der Waals surface area (Å²) in [5.41, 5.74) is 3.41. The fourth-order valence-electron chi connectivity index (χ4n) is 3.58. The minimum atomic E-state index is -0.398. The minimum absolute atomic E-state index is 0.151. The largest absolute Gasteiger partial charge is 0.475 e. The number of aryl methyl sites for hydroxylation is 1. The molecule has 10 heteroatoms. The lowest BCUT2D eigenvalue weighted by Crippen LogP contribution is -2.32. The number of ether oxygens (including phenoxy) is 1. The molecule has 10 nitrogen and oxygen atoms in total. The molecule has 3 heterocycles. The van der Waals surface area contributed by atoms with Crippen molar-refractivity contribution >= 4 is 11.6 Å². The van der Waals surface area contributed by atoms with E-state index in [0.29, 0.717) is 17.4 Å². The molecule has 0 bridgehead atoms. The molecule has 0 saturated carbocycles. The van der Waals surface area contributed by atoms with Crippen molar-refractivity contribution in [3.63, 3.8) is 0 Å². The number of carbonyl (C=O) groups excluding carboxylic acids is 1. The van der Waals surface area contributed by atoms with Gasteiger partial charge in [0.2, 0.25) is 5.88 Å². The molecular weight excluding hydrogens is 458 g/mol. The normalized spacial score (nSPS) is 10.9. The predicted molar refractivity (Wildman–Crippen MR) is 133 cm³/mol. The fraction of sp³-hybridized carbons (Fsp3) is 0.154. The van der Waals surface area contributed by atoms with Gasteiger partial charge in [-0.05, 0) is 24.6 Å². The van der Waals surface area contributed by atoms with E-state index in [-0.39, 0.29) is 30.9 Å². The number of nitrogens with one attached hydrogen (secondary N) is 1. The van der Waals surface area contributed by atoms with Crippen molar-refractivity contribution in [2.24, 2.45) is 0 Å². The SMILES string of the molecule is Cc1ccc(Cn2nc(C(=O)NCCOc3ccc4nnc(-c5ccccc5)n4n3)ccc2=O)cc1. The van der Waals surface area contributed by atoms with E-state index in [1.807, 2.05) is 61.5 Å². The third-order valence-corrected chi connectivity index (χ3v) is 5.46. The molecule has 0 fully saturated rings. The van der Waals surface area contributed by atoms with E-state index in [9.17, 15) is 9.59 Å². The number of carbonyl (C=O) groups is 1. The van der Waals surface area contributed by atoms with E-state index >= 15 is 0 Å². The molecule has 0 atom stereocenters. The maximum atomic E-state index is 12.6. The summed E-state index contributed by atoms with van der Waals surface area (Å²) in [5, 5.41) is 19.8. The molecule has 5 aromatic rings. The van der Waals surface area contributed by atoms with Gasteiger partial charge in [-0.25, -0.2) is 4.68 Å². The lowest BCUT2D eigenvalue weighted by Gasteiger charge is -2.09. The van der Waals surface area contributed by atoms with E-state index < -0.39 is 5.91 Å². The first kappa shape index (κ1) is 22.9. The van der Waals surface area contributed by atoms with Crippen LogP contribution in [0.25, 0.3) is 17.0 Å². The van der Waals surface area contributed by atoms with Crippen molar-refractivity contribution in [2.45, 2.75) is 13.5 Å². The van der Waals surface area contributed by atoms with Crippen LogP contribution in [0.4, 0.5) is 0 Å². The molecule has 36 heavy (non-hydrogen) atoms. The van der Waals surface area contributed by atoms with Crippen molar-refractivity contribution < 1.29 is 9.53 Å². The molecular formula is C26H23N7O3. The zero-order valence-electron chi connectivity index (χ0n) is 19.5. The van der Waals surface area contributed by atoms with E-state index in [1.54, 1.807) is 16.6 Å². The topological polar surface area (TPSA) is 116 Å². The molecule has 0 aliphatic heterocycles. The number of aromatic nitrogens is 6. The summed E-state index contributed by atoms with van der Waals surface area (Å²) in [6, 6.07) is 23.6. The van der Waals surface area contributed by atoms with E-state index in [2.05, 4.69) is 25.7 Å². The van der Waals surface area contributed by atoms with Gasteiger partial charge in [0.25, 0.3) is 11.5 Å².